The Balaban J connectivity index is 2.32. The van der Waals surface area contributed by atoms with E-state index >= 15 is 0 Å². The predicted molar refractivity (Wildman–Crippen MR) is 80.7 cm³/mol. The van der Waals surface area contributed by atoms with Crippen LogP contribution in [0.15, 0.2) is 12.3 Å². The van der Waals surface area contributed by atoms with Crippen LogP contribution in [0.3, 0.4) is 0 Å². The fourth-order valence-electron chi connectivity index (χ4n) is 1.76. The van der Waals surface area contributed by atoms with Crippen LogP contribution in [0.1, 0.15) is 39.0 Å². The molecule has 6 nitrogen and oxygen atoms in total. The second-order valence-corrected chi connectivity index (χ2v) is 6.12. The Hall–Kier alpha value is -2.00. The quantitative estimate of drug-likeness (QED) is 0.868. The van der Waals surface area contributed by atoms with Crippen molar-refractivity contribution in [1.29, 1.82) is 5.26 Å². The molecule has 0 radical (unpaired) electrons. The topological polar surface area (TPSA) is 79.1 Å². The summed E-state index contributed by atoms with van der Waals surface area (Å²) >= 11 is 0. The number of ether oxygens (including phenoxy) is 1. The number of carbonyl (C=O) groups is 1. The molecule has 0 saturated heterocycles. The van der Waals surface area contributed by atoms with Gasteiger partial charge in [-0.2, -0.15) is 5.26 Å². The molecule has 21 heavy (non-hydrogen) atoms. The number of amides is 1. The molecule has 6 heteroatoms. The summed E-state index contributed by atoms with van der Waals surface area (Å²) in [4.78, 5) is 11.5. The van der Waals surface area contributed by atoms with Crippen molar-refractivity contribution in [2.45, 2.75) is 45.9 Å². The summed E-state index contributed by atoms with van der Waals surface area (Å²) in [6, 6.07) is 4.08. The molecule has 0 spiro atoms. The monoisotopic (exact) mass is 292 g/mol. The molecule has 0 aliphatic rings. The van der Waals surface area contributed by atoms with Gasteiger partial charge in [0.25, 0.3) is 0 Å². The van der Waals surface area contributed by atoms with E-state index in [0.717, 1.165) is 5.56 Å². The highest BCUT2D eigenvalue weighted by Gasteiger charge is 2.16. The highest BCUT2D eigenvalue weighted by Crippen LogP contribution is 2.07. The molecule has 0 saturated carbocycles. The molecule has 1 aromatic heterocycles. The van der Waals surface area contributed by atoms with Gasteiger partial charge in [0, 0.05) is 32.4 Å². The molecule has 0 aliphatic carbocycles. The normalized spacial score (nSPS) is 12.6. The van der Waals surface area contributed by atoms with Gasteiger partial charge in [0.05, 0.1) is 0 Å². The Labute approximate surface area is 126 Å². The lowest BCUT2D eigenvalue weighted by molar-refractivity contribution is 0.0523. The minimum Gasteiger partial charge on any atom is -0.444 e. The van der Waals surface area contributed by atoms with Crippen molar-refractivity contribution in [3.05, 3.63) is 23.5 Å². The van der Waals surface area contributed by atoms with Crippen LogP contribution in [0, 0.1) is 11.3 Å². The Morgan fingerprint density at radius 1 is 1.52 bits per heavy atom. The minimum atomic E-state index is -0.488. The van der Waals surface area contributed by atoms with Gasteiger partial charge in [-0.05, 0) is 39.3 Å². The summed E-state index contributed by atoms with van der Waals surface area (Å²) in [5.41, 5.74) is 1.18. The Bertz CT molecular complexity index is 523. The second kappa shape index (κ2) is 7.14. The average molecular weight is 292 g/mol. The van der Waals surface area contributed by atoms with Crippen LogP contribution < -0.4 is 10.6 Å². The van der Waals surface area contributed by atoms with Gasteiger partial charge in [-0.1, -0.05) is 0 Å². The summed E-state index contributed by atoms with van der Waals surface area (Å²) in [5, 5.41) is 14.9. The maximum atomic E-state index is 11.5. The van der Waals surface area contributed by atoms with E-state index in [1.54, 1.807) is 4.57 Å². The number of aromatic nitrogens is 1. The van der Waals surface area contributed by atoms with Crippen molar-refractivity contribution < 1.29 is 9.53 Å². The van der Waals surface area contributed by atoms with E-state index in [1.165, 1.54) is 0 Å². The molecule has 0 aromatic carbocycles. The molecule has 1 heterocycles. The highest BCUT2D eigenvalue weighted by molar-refractivity contribution is 5.67. The van der Waals surface area contributed by atoms with Crippen LogP contribution in [-0.2, 0) is 18.3 Å². The molecule has 1 amide bonds. The minimum absolute atomic E-state index is 0.100. The van der Waals surface area contributed by atoms with E-state index in [-0.39, 0.29) is 6.04 Å². The number of nitriles is 1. The van der Waals surface area contributed by atoms with Gasteiger partial charge in [0.1, 0.15) is 17.4 Å². The third-order valence-corrected chi connectivity index (χ3v) is 2.78. The zero-order chi connectivity index (χ0) is 16.0. The first-order chi connectivity index (χ1) is 9.71. The second-order valence-electron chi connectivity index (χ2n) is 6.12. The lowest BCUT2D eigenvalue weighted by Crippen LogP contribution is -2.40. The molecule has 1 aromatic rings. The molecule has 0 bridgehead atoms. The summed E-state index contributed by atoms with van der Waals surface area (Å²) in [6.45, 7) is 8.59. The first-order valence-corrected chi connectivity index (χ1v) is 6.97. The molecule has 1 atom stereocenters. The fourth-order valence-corrected chi connectivity index (χ4v) is 1.76. The SMILES string of the molecule is CC(CNC(=O)OC(C)(C)C)NCc1cc(C#N)n(C)c1. The number of carbonyl (C=O) groups excluding carboxylic acids is 1. The van der Waals surface area contributed by atoms with Crippen LogP contribution in [0.2, 0.25) is 0 Å². The van der Waals surface area contributed by atoms with E-state index in [0.29, 0.717) is 18.8 Å². The lowest BCUT2D eigenvalue weighted by Gasteiger charge is -2.21. The summed E-state index contributed by atoms with van der Waals surface area (Å²) in [6.07, 6.45) is 1.50. The van der Waals surface area contributed by atoms with Crippen LogP contribution >= 0.6 is 0 Å². The lowest BCUT2D eigenvalue weighted by atomic mass is 10.2. The summed E-state index contributed by atoms with van der Waals surface area (Å²) in [7, 11) is 1.84. The average Bonchev–Trinajstić information content (AvgIpc) is 2.72. The van der Waals surface area contributed by atoms with Crippen molar-refractivity contribution in [2.24, 2.45) is 7.05 Å². The predicted octanol–water partition coefficient (Wildman–Crippen LogP) is 1.90. The van der Waals surface area contributed by atoms with Crippen molar-refractivity contribution in [3.63, 3.8) is 0 Å². The van der Waals surface area contributed by atoms with E-state index in [4.69, 9.17) is 10.00 Å². The van der Waals surface area contributed by atoms with Crippen molar-refractivity contribution in [3.8, 4) is 6.07 Å². The number of aryl methyl sites for hydroxylation is 1. The third-order valence-electron chi connectivity index (χ3n) is 2.78. The Morgan fingerprint density at radius 3 is 2.71 bits per heavy atom. The molecule has 2 N–H and O–H groups in total. The van der Waals surface area contributed by atoms with Gasteiger partial charge >= 0.3 is 6.09 Å². The zero-order valence-electron chi connectivity index (χ0n) is 13.4. The highest BCUT2D eigenvalue weighted by atomic mass is 16.6. The van der Waals surface area contributed by atoms with Crippen LogP contribution in [-0.4, -0.2) is 28.8 Å². The maximum Gasteiger partial charge on any atom is 0.407 e. The van der Waals surface area contributed by atoms with E-state index in [9.17, 15) is 4.79 Å². The Morgan fingerprint density at radius 2 is 2.19 bits per heavy atom. The largest absolute Gasteiger partial charge is 0.444 e. The third kappa shape index (κ3) is 6.32. The zero-order valence-corrected chi connectivity index (χ0v) is 13.4. The molecular weight excluding hydrogens is 268 g/mol. The van der Waals surface area contributed by atoms with Gasteiger partial charge in [-0.15, -0.1) is 0 Å². The van der Waals surface area contributed by atoms with Crippen molar-refractivity contribution >= 4 is 6.09 Å². The fraction of sp³-hybridized carbons (Fsp3) is 0.600. The van der Waals surface area contributed by atoms with Gasteiger partial charge in [0.2, 0.25) is 0 Å². The van der Waals surface area contributed by atoms with Crippen molar-refractivity contribution in [2.75, 3.05) is 6.54 Å². The van der Waals surface area contributed by atoms with Crippen LogP contribution in [0.25, 0.3) is 0 Å². The van der Waals surface area contributed by atoms with E-state index in [1.807, 2.05) is 47.0 Å². The van der Waals surface area contributed by atoms with Gasteiger partial charge in [-0.25, -0.2) is 4.79 Å². The number of hydrogen-bond acceptors (Lipinski definition) is 4. The summed E-state index contributed by atoms with van der Waals surface area (Å²) in [5.74, 6) is 0. The van der Waals surface area contributed by atoms with E-state index in [2.05, 4.69) is 16.7 Å². The van der Waals surface area contributed by atoms with E-state index < -0.39 is 11.7 Å². The van der Waals surface area contributed by atoms with Crippen LogP contribution in [0.5, 0.6) is 0 Å². The molecule has 116 valence electrons. The number of rotatable bonds is 5. The first kappa shape index (κ1) is 17.1. The number of hydrogen-bond donors (Lipinski definition) is 2. The van der Waals surface area contributed by atoms with Crippen molar-refractivity contribution in [1.82, 2.24) is 15.2 Å². The van der Waals surface area contributed by atoms with Gasteiger partial charge < -0.3 is 19.9 Å². The number of nitrogens with one attached hydrogen (secondary N) is 2. The van der Waals surface area contributed by atoms with Gasteiger partial charge in [-0.3, -0.25) is 0 Å². The number of nitrogens with zero attached hydrogens (tertiary/aromatic N) is 2. The standard InChI is InChI=1S/C15H24N4O2/c1-11(8-18-14(20)21-15(2,3)4)17-9-12-6-13(7-16)19(5)10-12/h6,10-11,17H,8-9H2,1-5H3,(H,18,20). The van der Waals surface area contributed by atoms with Gasteiger partial charge in [0.15, 0.2) is 0 Å². The molecule has 1 unspecified atom stereocenters. The summed E-state index contributed by atoms with van der Waals surface area (Å²) < 4.78 is 6.96. The maximum absolute atomic E-state index is 11.5. The smallest absolute Gasteiger partial charge is 0.407 e. The number of alkyl carbamates (subject to hydrolysis) is 1. The Kier molecular flexibility index (Phi) is 5.79. The first-order valence-electron chi connectivity index (χ1n) is 6.97. The molecule has 0 fully saturated rings. The van der Waals surface area contributed by atoms with Crippen LogP contribution in [0.4, 0.5) is 4.79 Å². The molecule has 0 aliphatic heterocycles. The molecular formula is C15H24N4O2. The molecule has 1 rings (SSSR count).